The molecule has 24 heavy (non-hydrogen) atoms. The summed E-state index contributed by atoms with van der Waals surface area (Å²) in [5.74, 6) is 0.923. The summed E-state index contributed by atoms with van der Waals surface area (Å²) in [6.07, 6.45) is 17.6. The van der Waals surface area contributed by atoms with Gasteiger partial charge in [0, 0.05) is 5.56 Å². The summed E-state index contributed by atoms with van der Waals surface area (Å²) in [5, 5.41) is 0. The first-order chi connectivity index (χ1) is 11.8. The molecule has 0 amide bonds. The zero-order chi connectivity index (χ0) is 17.5. The van der Waals surface area contributed by atoms with E-state index in [4.69, 9.17) is 9.47 Å². The van der Waals surface area contributed by atoms with Gasteiger partial charge in [-0.1, -0.05) is 37.5 Å². The van der Waals surface area contributed by atoms with Crippen molar-refractivity contribution in [3.05, 3.63) is 110 Å². The molecular formula is C21H18O3. The molecule has 0 aliphatic heterocycles. The van der Waals surface area contributed by atoms with Gasteiger partial charge in [-0.25, -0.2) is 0 Å². The van der Waals surface area contributed by atoms with Crippen molar-refractivity contribution in [1.29, 1.82) is 0 Å². The number of carbonyl (C=O) groups is 1. The van der Waals surface area contributed by atoms with E-state index in [1.807, 2.05) is 0 Å². The number of allylic oxidation sites excluding steroid dienone is 8. The van der Waals surface area contributed by atoms with E-state index in [0.717, 1.165) is 6.29 Å². The molecule has 0 aliphatic rings. The maximum absolute atomic E-state index is 10.9. The predicted octanol–water partition coefficient (Wildman–Crippen LogP) is 5.08. The Balaban J connectivity index is 2.81. The first-order valence-corrected chi connectivity index (χ1v) is 7.09. The summed E-state index contributed by atoms with van der Waals surface area (Å²) in [6, 6.07) is 4.92. The van der Waals surface area contributed by atoms with Gasteiger partial charge in [0.15, 0.2) is 11.5 Å². The molecule has 0 fully saturated rings. The third-order valence-corrected chi connectivity index (χ3v) is 2.52. The van der Waals surface area contributed by atoms with Gasteiger partial charge < -0.3 is 9.47 Å². The van der Waals surface area contributed by atoms with Gasteiger partial charge in [-0.05, 0) is 42.5 Å². The standard InChI is InChI=1S/C21H18O3/c1-3-5-7-9-11-15-23-20-14-13-19(18-22)17-21(20)24-16-12-10-8-6-4-2/h5-18H,1-2H2/b9-7-,10-8-,15-11+,16-12-. The van der Waals surface area contributed by atoms with E-state index in [2.05, 4.69) is 24.6 Å². The van der Waals surface area contributed by atoms with Gasteiger partial charge in [0.1, 0.15) is 6.29 Å². The molecule has 0 bridgehead atoms. The lowest BCUT2D eigenvalue weighted by atomic mass is 10.2. The zero-order valence-corrected chi connectivity index (χ0v) is 13.2. The Bertz CT molecular complexity index is 751. The van der Waals surface area contributed by atoms with Crippen LogP contribution >= 0.6 is 0 Å². The van der Waals surface area contributed by atoms with Crippen LogP contribution in [0.2, 0.25) is 0 Å². The molecule has 0 radical (unpaired) electrons. The van der Waals surface area contributed by atoms with Gasteiger partial charge in [0.2, 0.25) is 0 Å². The highest BCUT2D eigenvalue weighted by molar-refractivity contribution is 5.76. The summed E-state index contributed by atoms with van der Waals surface area (Å²) in [6.45, 7) is 6.91. The number of benzene rings is 1. The zero-order valence-electron chi connectivity index (χ0n) is 13.2. The lowest BCUT2D eigenvalue weighted by Gasteiger charge is -2.07. The van der Waals surface area contributed by atoms with Gasteiger partial charge in [-0.2, -0.15) is 0 Å². The Morgan fingerprint density at radius 3 is 1.92 bits per heavy atom. The molecule has 1 rings (SSSR count). The van der Waals surface area contributed by atoms with Crippen LogP contribution in [0.5, 0.6) is 11.5 Å². The molecular weight excluding hydrogens is 300 g/mol. The molecule has 1 aromatic rings. The van der Waals surface area contributed by atoms with Crippen LogP contribution < -0.4 is 9.47 Å². The molecule has 0 N–H and O–H groups in total. The second kappa shape index (κ2) is 12.1. The summed E-state index contributed by atoms with van der Waals surface area (Å²) in [7, 11) is 0. The molecule has 0 unspecified atom stereocenters. The minimum atomic E-state index is 0.433. The first-order valence-electron chi connectivity index (χ1n) is 7.09. The molecule has 0 saturated heterocycles. The van der Waals surface area contributed by atoms with Crippen LogP contribution in [0.3, 0.4) is 0 Å². The topological polar surface area (TPSA) is 35.5 Å². The number of hydrogen-bond donors (Lipinski definition) is 0. The summed E-state index contributed by atoms with van der Waals surface area (Å²) < 4.78 is 11.0. The van der Waals surface area contributed by atoms with E-state index < -0.39 is 0 Å². The third kappa shape index (κ3) is 7.48. The van der Waals surface area contributed by atoms with Crippen LogP contribution in [0.15, 0.2) is 104 Å². The molecule has 0 spiro atoms. The van der Waals surface area contributed by atoms with E-state index >= 15 is 0 Å². The normalized spacial score (nSPS) is 10.8. The van der Waals surface area contributed by atoms with Crippen molar-refractivity contribution < 1.29 is 14.3 Å². The maximum atomic E-state index is 10.9. The fraction of sp³-hybridized carbons (Fsp3) is 0. The van der Waals surface area contributed by atoms with Crippen LogP contribution in [-0.2, 0) is 0 Å². The van der Waals surface area contributed by atoms with Crippen molar-refractivity contribution >= 4 is 6.29 Å². The fourth-order valence-corrected chi connectivity index (χ4v) is 1.48. The van der Waals surface area contributed by atoms with Gasteiger partial charge in [0.05, 0.1) is 12.5 Å². The Morgan fingerprint density at radius 2 is 1.38 bits per heavy atom. The highest BCUT2D eigenvalue weighted by Crippen LogP contribution is 2.28. The van der Waals surface area contributed by atoms with E-state index in [-0.39, 0.29) is 0 Å². The van der Waals surface area contributed by atoms with E-state index in [1.54, 1.807) is 66.8 Å². The van der Waals surface area contributed by atoms with Crippen LogP contribution in [-0.4, -0.2) is 6.29 Å². The van der Waals surface area contributed by atoms with Crippen molar-refractivity contribution in [2.45, 2.75) is 0 Å². The van der Waals surface area contributed by atoms with Crippen molar-refractivity contribution in [3.8, 4) is 11.5 Å². The van der Waals surface area contributed by atoms with Crippen LogP contribution in [0, 0.1) is 0 Å². The highest BCUT2D eigenvalue weighted by Gasteiger charge is 2.04. The van der Waals surface area contributed by atoms with Crippen LogP contribution in [0.1, 0.15) is 10.4 Å². The van der Waals surface area contributed by atoms with Crippen molar-refractivity contribution in [3.63, 3.8) is 0 Å². The van der Waals surface area contributed by atoms with Crippen molar-refractivity contribution in [1.82, 2.24) is 0 Å². The molecule has 0 saturated carbocycles. The lowest BCUT2D eigenvalue weighted by Crippen LogP contribution is -1.91. The van der Waals surface area contributed by atoms with Gasteiger partial charge >= 0.3 is 0 Å². The smallest absolute Gasteiger partial charge is 0.169 e. The molecule has 3 heteroatoms. The molecule has 0 atom stereocenters. The van der Waals surface area contributed by atoms with Crippen molar-refractivity contribution in [2.75, 3.05) is 0 Å². The number of aldehydes is 1. The lowest BCUT2D eigenvalue weighted by molar-refractivity contribution is 0.112. The Kier molecular flexibility index (Phi) is 9.33. The second-order valence-electron chi connectivity index (χ2n) is 4.23. The largest absolute Gasteiger partial charge is 0.461 e. The quantitative estimate of drug-likeness (QED) is 0.276. The third-order valence-electron chi connectivity index (χ3n) is 2.52. The minimum Gasteiger partial charge on any atom is -0.461 e. The van der Waals surface area contributed by atoms with Crippen LogP contribution in [0.25, 0.3) is 0 Å². The Labute approximate surface area is 142 Å². The number of rotatable bonds is 9. The second-order valence-corrected chi connectivity index (χ2v) is 4.23. The SMILES string of the molecule is C=C=C/C=C\C=C/Oc1cc(C=O)ccc1O/C=C/C=C\C=C=C. The van der Waals surface area contributed by atoms with Gasteiger partial charge in [-0.3, -0.25) is 4.79 Å². The fourth-order valence-electron chi connectivity index (χ4n) is 1.48. The number of carbonyl (C=O) groups excluding carboxylic acids is 1. The Hall–Kier alpha value is -3.51. The van der Waals surface area contributed by atoms with E-state index in [9.17, 15) is 4.79 Å². The highest BCUT2D eigenvalue weighted by atomic mass is 16.5. The number of ether oxygens (including phenoxy) is 2. The maximum Gasteiger partial charge on any atom is 0.169 e. The number of hydrogen-bond acceptors (Lipinski definition) is 3. The molecule has 1 aromatic carbocycles. The average molecular weight is 318 g/mol. The minimum absolute atomic E-state index is 0.433. The summed E-state index contributed by atoms with van der Waals surface area (Å²) >= 11 is 0. The summed E-state index contributed by atoms with van der Waals surface area (Å²) in [4.78, 5) is 10.9. The molecule has 0 heterocycles. The van der Waals surface area contributed by atoms with E-state index in [0.29, 0.717) is 17.1 Å². The summed E-state index contributed by atoms with van der Waals surface area (Å²) in [5.41, 5.74) is 5.75. The predicted molar refractivity (Wildman–Crippen MR) is 97.1 cm³/mol. The van der Waals surface area contributed by atoms with Crippen LogP contribution in [0.4, 0.5) is 0 Å². The molecule has 0 aromatic heterocycles. The Morgan fingerprint density at radius 1 is 0.792 bits per heavy atom. The van der Waals surface area contributed by atoms with Gasteiger partial charge in [-0.15, -0.1) is 11.5 Å². The molecule has 3 nitrogen and oxygen atoms in total. The first kappa shape index (κ1) is 18.5. The average Bonchev–Trinajstić information content (AvgIpc) is 2.61. The molecule has 120 valence electrons. The van der Waals surface area contributed by atoms with Crippen molar-refractivity contribution in [2.24, 2.45) is 0 Å². The molecule has 0 aliphatic carbocycles. The monoisotopic (exact) mass is 318 g/mol. The van der Waals surface area contributed by atoms with Gasteiger partial charge in [0.25, 0.3) is 0 Å². The van der Waals surface area contributed by atoms with E-state index in [1.165, 1.54) is 12.5 Å².